The van der Waals surface area contributed by atoms with Gasteiger partial charge in [-0.2, -0.15) is 0 Å². The van der Waals surface area contributed by atoms with Crippen molar-refractivity contribution in [2.45, 2.75) is 5.88 Å². The fourth-order valence-electron chi connectivity index (χ4n) is 2.05. The fourth-order valence-corrected chi connectivity index (χ4v) is 2.31. The number of benzene rings is 2. The molecule has 0 spiro atoms. The van der Waals surface area contributed by atoms with Gasteiger partial charge in [0.1, 0.15) is 17.3 Å². The van der Waals surface area contributed by atoms with E-state index in [0.29, 0.717) is 17.1 Å². The quantitative estimate of drug-likeness (QED) is 0.639. The number of alkyl halides is 1. The highest BCUT2D eigenvalue weighted by atomic mass is 35.5. The predicted molar refractivity (Wildman–Crippen MR) is 77.8 cm³/mol. The van der Waals surface area contributed by atoms with Crippen molar-refractivity contribution in [3.8, 4) is 11.5 Å². The van der Waals surface area contributed by atoms with E-state index >= 15 is 0 Å². The van der Waals surface area contributed by atoms with Crippen LogP contribution in [0.15, 0.2) is 54.7 Å². The minimum absolute atomic E-state index is 0.0605. The van der Waals surface area contributed by atoms with Crippen LogP contribution in [0.5, 0.6) is 11.5 Å². The van der Waals surface area contributed by atoms with Crippen molar-refractivity contribution in [2.24, 2.45) is 0 Å². The van der Waals surface area contributed by atoms with Crippen LogP contribution in [0.25, 0.3) is 10.9 Å². The summed E-state index contributed by atoms with van der Waals surface area (Å²) in [7, 11) is 0. The summed E-state index contributed by atoms with van der Waals surface area (Å²) in [5, 5.41) is 0.875. The first-order valence-electron chi connectivity index (χ1n) is 6.14. The van der Waals surface area contributed by atoms with E-state index in [1.807, 2.05) is 30.3 Å². The fraction of sp³-hybridized carbons (Fsp3) is 0.0625. The van der Waals surface area contributed by atoms with Gasteiger partial charge in [-0.15, -0.1) is 11.6 Å². The normalized spacial score (nSPS) is 10.7. The summed E-state index contributed by atoms with van der Waals surface area (Å²) >= 11 is 5.79. The number of ether oxygens (including phenoxy) is 1. The summed E-state index contributed by atoms with van der Waals surface area (Å²) in [6, 6.07) is 14.0. The van der Waals surface area contributed by atoms with Crippen LogP contribution in [0.3, 0.4) is 0 Å². The molecule has 20 heavy (non-hydrogen) atoms. The molecule has 0 aliphatic carbocycles. The molecule has 1 heterocycles. The van der Waals surface area contributed by atoms with Crippen LogP contribution in [0.1, 0.15) is 5.56 Å². The molecule has 1 aromatic heterocycles. The molecule has 3 aromatic rings. The number of aromatic nitrogens is 1. The highest BCUT2D eigenvalue weighted by molar-refractivity contribution is 6.17. The second-order valence-corrected chi connectivity index (χ2v) is 4.55. The van der Waals surface area contributed by atoms with Crippen LogP contribution in [0, 0.1) is 5.82 Å². The molecule has 2 aromatic carbocycles. The highest BCUT2D eigenvalue weighted by Gasteiger charge is 2.11. The minimum atomic E-state index is -0.365. The predicted octanol–water partition coefficient (Wildman–Crippen LogP) is 4.91. The summed E-state index contributed by atoms with van der Waals surface area (Å²) in [4.78, 5) is 4.26. The summed E-state index contributed by atoms with van der Waals surface area (Å²) in [5.41, 5.74) is 1.18. The van der Waals surface area contributed by atoms with Crippen molar-refractivity contribution < 1.29 is 9.13 Å². The zero-order valence-corrected chi connectivity index (χ0v) is 11.3. The molecular weight excluding hydrogens is 277 g/mol. The summed E-state index contributed by atoms with van der Waals surface area (Å²) in [6.45, 7) is 0. The second kappa shape index (κ2) is 5.47. The number of halogens is 2. The molecule has 0 N–H and O–H groups in total. The molecule has 2 nitrogen and oxygen atoms in total. The van der Waals surface area contributed by atoms with Gasteiger partial charge in [-0.25, -0.2) is 4.39 Å². The van der Waals surface area contributed by atoms with Gasteiger partial charge in [0.05, 0.1) is 11.4 Å². The Morgan fingerprint density at radius 1 is 1.00 bits per heavy atom. The van der Waals surface area contributed by atoms with Crippen molar-refractivity contribution in [3.05, 3.63) is 66.1 Å². The first-order chi connectivity index (χ1) is 9.79. The number of nitrogens with zero attached hydrogens (tertiary/aromatic N) is 1. The molecule has 0 radical (unpaired) electrons. The maximum atomic E-state index is 13.7. The lowest BCUT2D eigenvalue weighted by molar-refractivity contribution is 0.475. The Bertz CT molecular complexity index is 755. The van der Waals surface area contributed by atoms with Crippen molar-refractivity contribution in [1.29, 1.82) is 0 Å². The number of hydrogen-bond donors (Lipinski definition) is 0. The van der Waals surface area contributed by atoms with Gasteiger partial charge in [-0.3, -0.25) is 4.98 Å². The van der Waals surface area contributed by atoms with Crippen molar-refractivity contribution >= 4 is 22.5 Å². The molecule has 0 atom stereocenters. The molecule has 4 heteroatoms. The lowest BCUT2D eigenvalue weighted by Gasteiger charge is -2.11. The number of pyridine rings is 1. The molecule has 0 aliphatic heterocycles. The van der Waals surface area contributed by atoms with E-state index in [-0.39, 0.29) is 11.7 Å². The average Bonchev–Trinajstić information content (AvgIpc) is 2.48. The molecule has 0 saturated heterocycles. The van der Waals surface area contributed by atoms with Crippen LogP contribution in [0.4, 0.5) is 4.39 Å². The Morgan fingerprint density at radius 3 is 2.65 bits per heavy atom. The topological polar surface area (TPSA) is 22.1 Å². The van der Waals surface area contributed by atoms with Crippen molar-refractivity contribution in [2.75, 3.05) is 0 Å². The van der Waals surface area contributed by atoms with Gasteiger partial charge in [0.25, 0.3) is 0 Å². The van der Waals surface area contributed by atoms with Gasteiger partial charge in [0, 0.05) is 17.1 Å². The van der Waals surface area contributed by atoms with E-state index in [9.17, 15) is 4.39 Å². The van der Waals surface area contributed by atoms with Crippen molar-refractivity contribution in [3.63, 3.8) is 0 Å². The van der Waals surface area contributed by atoms with E-state index < -0.39 is 0 Å². The Kier molecular flexibility index (Phi) is 3.52. The molecule has 0 aliphatic rings. The molecule has 0 bridgehead atoms. The molecule has 0 amide bonds. The maximum absolute atomic E-state index is 13.7. The molecule has 100 valence electrons. The van der Waals surface area contributed by atoms with E-state index in [1.165, 1.54) is 6.07 Å². The molecule has 0 fully saturated rings. The van der Waals surface area contributed by atoms with Crippen LogP contribution in [0.2, 0.25) is 0 Å². The van der Waals surface area contributed by atoms with Gasteiger partial charge in [0.2, 0.25) is 0 Å². The Morgan fingerprint density at radius 2 is 1.80 bits per heavy atom. The largest absolute Gasteiger partial charge is 0.456 e. The van der Waals surface area contributed by atoms with Gasteiger partial charge in [-0.1, -0.05) is 12.1 Å². The van der Waals surface area contributed by atoms with Gasteiger partial charge < -0.3 is 4.74 Å². The number of fused-ring (bicyclic) bond motifs is 1. The lowest BCUT2D eigenvalue weighted by atomic mass is 10.2. The standard InChI is InChI=1S/C16H11ClFNO/c17-10-12-13(18)5-1-7-16(12)20-15-8-2-6-14-11(15)4-3-9-19-14/h1-9H,10H2. The average molecular weight is 288 g/mol. The van der Waals surface area contributed by atoms with E-state index in [1.54, 1.807) is 18.3 Å². The van der Waals surface area contributed by atoms with Crippen LogP contribution in [-0.2, 0) is 5.88 Å². The van der Waals surface area contributed by atoms with Crippen molar-refractivity contribution in [1.82, 2.24) is 4.98 Å². The molecule has 0 unspecified atom stereocenters. The Hall–Kier alpha value is -2.13. The zero-order chi connectivity index (χ0) is 13.9. The summed E-state index contributed by atoms with van der Waals surface area (Å²) in [6.07, 6.45) is 1.72. The summed E-state index contributed by atoms with van der Waals surface area (Å²) < 4.78 is 19.5. The van der Waals surface area contributed by atoms with Crippen LogP contribution >= 0.6 is 11.6 Å². The second-order valence-electron chi connectivity index (χ2n) is 4.28. The Balaban J connectivity index is 2.08. The van der Waals surface area contributed by atoms with Gasteiger partial charge in [-0.05, 0) is 36.4 Å². The highest BCUT2D eigenvalue weighted by Crippen LogP contribution is 2.32. The maximum Gasteiger partial charge on any atom is 0.136 e. The van der Waals surface area contributed by atoms with Crippen LogP contribution in [-0.4, -0.2) is 4.98 Å². The smallest absolute Gasteiger partial charge is 0.136 e. The van der Waals surface area contributed by atoms with E-state index in [4.69, 9.17) is 16.3 Å². The van der Waals surface area contributed by atoms with E-state index in [0.717, 1.165) is 10.9 Å². The molecular formula is C16H11ClFNO. The Labute approximate surface area is 120 Å². The number of rotatable bonds is 3. The first kappa shape index (κ1) is 12.9. The van der Waals surface area contributed by atoms with E-state index in [2.05, 4.69) is 4.98 Å². The SMILES string of the molecule is Fc1cccc(Oc2cccc3ncccc23)c1CCl. The minimum Gasteiger partial charge on any atom is -0.456 e. The molecule has 3 rings (SSSR count). The third-order valence-electron chi connectivity index (χ3n) is 3.04. The summed E-state index contributed by atoms with van der Waals surface area (Å²) in [5.74, 6) is 0.755. The lowest BCUT2D eigenvalue weighted by Crippen LogP contribution is -1.94. The molecule has 0 saturated carbocycles. The monoisotopic (exact) mass is 287 g/mol. The third kappa shape index (κ3) is 2.32. The van der Waals surface area contributed by atoms with Gasteiger partial charge in [0.15, 0.2) is 0 Å². The van der Waals surface area contributed by atoms with Gasteiger partial charge >= 0.3 is 0 Å². The zero-order valence-electron chi connectivity index (χ0n) is 10.5. The van der Waals surface area contributed by atoms with Crippen LogP contribution < -0.4 is 4.74 Å². The first-order valence-corrected chi connectivity index (χ1v) is 6.68. The number of hydrogen-bond acceptors (Lipinski definition) is 2. The third-order valence-corrected chi connectivity index (χ3v) is 3.30.